The van der Waals surface area contributed by atoms with Gasteiger partial charge in [-0.15, -0.1) is 0 Å². The van der Waals surface area contributed by atoms with Crippen LogP contribution in [0, 0.1) is 10.1 Å². The van der Waals surface area contributed by atoms with E-state index >= 15 is 0 Å². The highest BCUT2D eigenvalue weighted by atomic mass is 35.5. The molecular weight excluding hydrogens is 527 g/mol. The van der Waals surface area contributed by atoms with E-state index in [0.29, 0.717) is 5.02 Å². The van der Waals surface area contributed by atoms with Crippen LogP contribution < -0.4 is 9.73 Å². The average molecular weight is 542 g/mol. The number of nitro benzene ring substituents is 1. The molecule has 0 saturated heterocycles. The number of nitrogens with one attached hydrogen (secondary N) is 1. The molecule has 0 aromatic heterocycles. The van der Waals surface area contributed by atoms with Crippen LogP contribution in [0.25, 0.3) is 0 Å². The molecule has 176 valence electrons. The standard InChI is InChI=1S/C21H15Cl3N4O5S/c22-15-4-7-19(8-5-15)34(32,33)27(17-3-1-2-16(23)11-17)13-21(29)26-25-12-14-10-18(28(30)31)6-9-20(14)24/h1-12H,13H2,(H,26,29)/b25-12-. The lowest BCUT2D eigenvalue weighted by molar-refractivity contribution is -0.384. The molecule has 0 fully saturated rings. The number of amides is 1. The number of hydrazone groups is 1. The molecule has 0 aliphatic rings. The molecule has 0 spiro atoms. The first-order valence-corrected chi connectivity index (χ1v) is 11.9. The van der Waals surface area contributed by atoms with Gasteiger partial charge in [0.1, 0.15) is 6.54 Å². The number of nitrogens with zero attached hydrogens (tertiary/aromatic N) is 3. The van der Waals surface area contributed by atoms with Gasteiger partial charge in [-0.1, -0.05) is 40.9 Å². The van der Waals surface area contributed by atoms with Gasteiger partial charge >= 0.3 is 0 Å². The predicted octanol–water partition coefficient (Wildman–Crippen LogP) is 4.90. The molecule has 0 bridgehead atoms. The maximum atomic E-state index is 13.3. The Morgan fingerprint density at radius 1 is 1.03 bits per heavy atom. The molecule has 0 heterocycles. The molecule has 0 aliphatic carbocycles. The molecule has 0 radical (unpaired) electrons. The summed E-state index contributed by atoms with van der Waals surface area (Å²) in [6.07, 6.45) is 1.12. The summed E-state index contributed by atoms with van der Waals surface area (Å²) < 4.78 is 27.4. The van der Waals surface area contributed by atoms with Crippen LogP contribution in [0.15, 0.2) is 76.7 Å². The quantitative estimate of drug-likeness (QED) is 0.247. The number of anilines is 1. The fourth-order valence-corrected chi connectivity index (χ4v) is 4.65. The molecule has 9 nitrogen and oxygen atoms in total. The summed E-state index contributed by atoms with van der Waals surface area (Å²) in [5, 5.41) is 15.5. The normalized spacial score (nSPS) is 11.4. The van der Waals surface area contributed by atoms with E-state index in [1.807, 2.05) is 0 Å². The second-order valence-electron chi connectivity index (χ2n) is 6.70. The zero-order valence-electron chi connectivity index (χ0n) is 17.1. The Balaban J connectivity index is 1.85. The van der Waals surface area contributed by atoms with Crippen molar-refractivity contribution >= 4 is 68.3 Å². The molecule has 3 aromatic rings. The number of carbonyl (C=O) groups excluding carboxylic acids is 1. The van der Waals surface area contributed by atoms with Gasteiger partial charge in [0.2, 0.25) is 0 Å². The first-order chi connectivity index (χ1) is 16.1. The van der Waals surface area contributed by atoms with Gasteiger partial charge < -0.3 is 0 Å². The Morgan fingerprint density at radius 3 is 2.38 bits per heavy atom. The van der Waals surface area contributed by atoms with Crippen LogP contribution in [-0.2, 0) is 14.8 Å². The van der Waals surface area contributed by atoms with Gasteiger partial charge in [0.05, 0.1) is 21.7 Å². The highest BCUT2D eigenvalue weighted by Crippen LogP contribution is 2.27. The van der Waals surface area contributed by atoms with Gasteiger partial charge in [-0.25, -0.2) is 13.8 Å². The topological polar surface area (TPSA) is 122 Å². The van der Waals surface area contributed by atoms with Gasteiger partial charge in [-0.2, -0.15) is 5.10 Å². The number of hydrogen-bond donors (Lipinski definition) is 1. The van der Waals surface area contributed by atoms with Crippen LogP contribution in [0.5, 0.6) is 0 Å². The van der Waals surface area contributed by atoms with E-state index in [0.717, 1.165) is 10.5 Å². The summed E-state index contributed by atoms with van der Waals surface area (Å²) in [6, 6.07) is 15.2. The van der Waals surface area contributed by atoms with Gasteiger partial charge in [0.25, 0.3) is 21.6 Å². The Labute approximate surface area is 209 Å². The summed E-state index contributed by atoms with van der Waals surface area (Å²) in [5.74, 6) is -0.782. The fourth-order valence-electron chi connectivity index (χ4n) is 2.76. The Bertz CT molecular complexity index is 1370. The summed E-state index contributed by atoms with van der Waals surface area (Å²) in [7, 11) is -4.17. The third-order valence-electron chi connectivity index (χ3n) is 4.37. The number of carbonyl (C=O) groups is 1. The smallest absolute Gasteiger partial charge is 0.270 e. The molecular formula is C21H15Cl3N4O5S. The molecule has 3 aromatic carbocycles. The summed E-state index contributed by atoms with van der Waals surface area (Å²) in [4.78, 5) is 22.8. The molecule has 0 saturated carbocycles. The van der Waals surface area contributed by atoms with Crippen LogP contribution in [0.4, 0.5) is 11.4 Å². The first kappa shape index (κ1) is 25.4. The SMILES string of the molecule is O=C(CN(c1cccc(Cl)c1)S(=O)(=O)c1ccc(Cl)cc1)N/N=C\c1cc([N+](=O)[O-])ccc1Cl. The zero-order valence-corrected chi connectivity index (χ0v) is 20.1. The lowest BCUT2D eigenvalue weighted by atomic mass is 10.2. The molecule has 0 atom stereocenters. The van der Waals surface area contributed by atoms with Gasteiger partial charge in [-0.3, -0.25) is 19.2 Å². The van der Waals surface area contributed by atoms with Crippen molar-refractivity contribution in [3.8, 4) is 0 Å². The number of rotatable bonds is 8. The summed E-state index contributed by atoms with van der Waals surface area (Å²) in [6.45, 7) is -0.634. The maximum Gasteiger partial charge on any atom is 0.270 e. The molecule has 0 unspecified atom stereocenters. The van der Waals surface area contributed by atoms with Crippen molar-refractivity contribution in [1.29, 1.82) is 0 Å². The maximum absolute atomic E-state index is 13.3. The van der Waals surface area contributed by atoms with Crippen molar-refractivity contribution in [2.75, 3.05) is 10.8 Å². The van der Waals surface area contributed by atoms with Gasteiger partial charge in [-0.05, 0) is 48.5 Å². The average Bonchev–Trinajstić information content (AvgIpc) is 2.78. The van der Waals surface area contributed by atoms with Crippen molar-refractivity contribution in [2.24, 2.45) is 5.10 Å². The minimum absolute atomic E-state index is 0.0865. The summed E-state index contributed by atoms with van der Waals surface area (Å²) in [5.41, 5.74) is 2.33. The number of halogens is 3. The summed E-state index contributed by atoms with van der Waals surface area (Å²) >= 11 is 17.9. The molecule has 34 heavy (non-hydrogen) atoms. The number of benzene rings is 3. The molecule has 1 amide bonds. The van der Waals surface area contributed by atoms with Gasteiger partial charge in [0, 0.05) is 32.8 Å². The van der Waals surface area contributed by atoms with E-state index in [1.54, 1.807) is 12.1 Å². The zero-order chi connectivity index (χ0) is 24.9. The first-order valence-electron chi connectivity index (χ1n) is 9.37. The minimum Gasteiger partial charge on any atom is -0.271 e. The Morgan fingerprint density at radius 2 is 1.74 bits per heavy atom. The third kappa shape index (κ3) is 6.23. The van der Waals surface area contributed by atoms with E-state index in [9.17, 15) is 23.3 Å². The van der Waals surface area contributed by atoms with Crippen molar-refractivity contribution in [2.45, 2.75) is 4.90 Å². The largest absolute Gasteiger partial charge is 0.271 e. The van der Waals surface area contributed by atoms with Crippen LogP contribution in [-0.4, -0.2) is 32.0 Å². The van der Waals surface area contributed by atoms with Crippen molar-refractivity contribution in [3.63, 3.8) is 0 Å². The second kappa shape index (κ2) is 10.8. The second-order valence-corrected chi connectivity index (χ2v) is 9.84. The molecule has 1 N–H and O–H groups in total. The van der Waals surface area contributed by atoms with Crippen molar-refractivity contribution in [3.05, 3.63) is 97.5 Å². The van der Waals surface area contributed by atoms with Crippen LogP contribution >= 0.6 is 34.8 Å². The highest BCUT2D eigenvalue weighted by molar-refractivity contribution is 7.92. The van der Waals surface area contributed by atoms with Gasteiger partial charge in [0.15, 0.2) is 0 Å². The Kier molecular flexibility index (Phi) is 8.11. The molecule has 13 heteroatoms. The lowest BCUT2D eigenvalue weighted by Crippen LogP contribution is -2.39. The van der Waals surface area contributed by atoms with E-state index in [4.69, 9.17) is 34.8 Å². The van der Waals surface area contributed by atoms with E-state index in [-0.39, 0.29) is 31.9 Å². The third-order valence-corrected chi connectivity index (χ3v) is 6.99. The van der Waals surface area contributed by atoms with E-state index < -0.39 is 27.4 Å². The van der Waals surface area contributed by atoms with Crippen LogP contribution in [0.1, 0.15) is 5.56 Å². The highest BCUT2D eigenvalue weighted by Gasteiger charge is 2.27. The Hall–Kier alpha value is -3.18. The molecule has 0 aliphatic heterocycles. The van der Waals surface area contributed by atoms with Crippen LogP contribution in [0.3, 0.4) is 0 Å². The van der Waals surface area contributed by atoms with E-state index in [2.05, 4.69) is 10.5 Å². The minimum atomic E-state index is -4.17. The van der Waals surface area contributed by atoms with E-state index in [1.165, 1.54) is 54.6 Å². The number of hydrogen-bond acceptors (Lipinski definition) is 6. The predicted molar refractivity (Wildman–Crippen MR) is 131 cm³/mol. The lowest BCUT2D eigenvalue weighted by Gasteiger charge is -2.23. The fraction of sp³-hybridized carbons (Fsp3) is 0.0476. The number of non-ortho nitro benzene ring substituents is 1. The number of sulfonamides is 1. The molecule has 3 rings (SSSR count). The van der Waals surface area contributed by atoms with Crippen LogP contribution in [0.2, 0.25) is 15.1 Å². The monoisotopic (exact) mass is 540 g/mol. The van der Waals surface area contributed by atoms with Crippen molar-refractivity contribution < 1.29 is 18.1 Å². The van der Waals surface area contributed by atoms with Crippen molar-refractivity contribution in [1.82, 2.24) is 5.43 Å². The number of nitro groups is 1.